The molecular weight excluding hydrogens is 1370 g/mol. The molecule has 7 N–H and O–H groups in total. The molecule has 1 amide bonds. The number of aliphatic hydroxyl groups is 3. The van der Waals surface area contributed by atoms with E-state index in [1.807, 2.05) is 60.7 Å². The Morgan fingerprint density at radius 3 is 1.52 bits per heavy atom. The zero-order valence-corrected chi connectivity index (χ0v) is 52.6. The number of rotatable bonds is 12. The SMILES string of the molecule is C=CCNC(c1cccc(Br)c1)C1(O)CCC(F)CC1.FC1CCC2(CC1)OC2c1cccc(Br)c1.NC(c1cccc(Br)c1)C1(O)CCC(F)CC1.O=C(NC(c1cccc(Br)c1)C1(O)CCC(F)CC1)c1nccc(C(F)(F)F)c1Cl. The van der Waals surface area contributed by atoms with Crippen LogP contribution >= 0.6 is 75.3 Å². The van der Waals surface area contributed by atoms with Gasteiger partial charge in [-0.2, -0.15) is 13.2 Å². The van der Waals surface area contributed by atoms with Gasteiger partial charge in [0.25, 0.3) is 5.91 Å². The van der Waals surface area contributed by atoms with Crippen molar-refractivity contribution in [1.82, 2.24) is 15.6 Å². The van der Waals surface area contributed by atoms with Crippen LogP contribution < -0.4 is 16.4 Å². The highest BCUT2D eigenvalue weighted by Gasteiger charge is 2.58. The normalized spacial score (nSPS) is 28.7. The van der Waals surface area contributed by atoms with Crippen molar-refractivity contribution < 1.29 is 55.6 Å². The summed E-state index contributed by atoms with van der Waals surface area (Å²) in [5.41, 5.74) is 4.59. The summed E-state index contributed by atoms with van der Waals surface area (Å²) in [5.74, 6) is -0.966. The molecule has 1 aliphatic heterocycles. The molecule has 4 atom stereocenters. The summed E-state index contributed by atoms with van der Waals surface area (Å²) in [6.07, 6.45) is 1.74. The van der Waals surface area contributed by atoms with Crippen molar-refractivity contribution in [1.29, 1.82) is 0 Å². The van der Waals surface area contributed by atoms with Crippen LogP contribution in [0.2, 0.25) is 5.02 Å². The molecule has 1 spiro atoms. The van der Waals surface area contributed by atoms with Gasteiger partial charge in [0.2, 0.25) is 0 Å². The lowest BCUT2D eigenvalue weighted by Gasteiger charge is -2.40. The molecule has 5 aliphatic rings. The molecule has 83 heavy (non-hydrogen) atoms. The van der Waals surface area contributed by atoms with Crippen LogP contribution in [0.5, 0.6) is 0 Å². The van der Waals surface area contributed by atoms with Crippen LogP contribution in [0.15, 0.2) is 140 Å². The number of carbonyl (C=O) groups is 1. The average molecular weight is 1440 g/mol. The quantitative estimate of drug-likeness (QED) is 0.0410. The van der Waals surface area contributed by atoms with Gasteiger partial charge in [0.15, 0.2) is 0 Å². The number of hydrogen-bond acceptors (Lipinski definition) is 8. The molecule has 4 aliphatic carbocycles. The lowest BCUT2D eigenvalue weighted by atomic mass is 9.76. The first-order chi connectivity index (χ1) is 39.3. The number of epoxide rings is 1. The van der Waals surface area contributed by atoms with Crippen LogP contribution in [0.3, 0.4) is 0 Å². The van der Waals surface area contributed by atoms with Gasteiger partial charge >= 0.3 is 6.18 Å². The van der Waals surface area contributed by atoms with Crippen LogP contribution in [-0.2, 0) is 10.9 Å². The lowest BCUT2D eigenvalue weighted by Crippen LogP contribution is -2.48. The molecule has 452 valence electrons. The Labute approximate surface area is 519 Å². The number of benzene rings is 4. The van der Waals surface area contributed by atoms with Gasteiger partial charge in [-0.3, -0.25) is 4.79 Å². The lowest BCUT2D eigenvalue weighted by molar-refractivity contribution is -0.137. The summed E-state index contributed by atoms with van der Waals surface area (Å²) >= 11 is 19.5. The fraction of sp³-hybridized carbons (Fsp3) is 0.484. The van der Waals surface area contributed by atoms with E-state index in [1.54, 1.807) is 30.3 Å². The smallest absolute Gasteiger partial charge is 0.388 e. The molecule has 4 aromatic carbocycles. The number of hydrogen-bond donors (Lipinski definition) is 6. The number of nitrogens with two attached hydrogens (primary N) is 1. The fourth-order valence-corrected chi connectivity index (χ4v) is 13.6. The Balaban J connectivity index is 0.000000164. The van der Waals surface area contributed by atoms with E-state index in [0.29, 0.717) is 86.9 Å². The molecule has 9 nitrogen and oxygen atoms in total. The molecule has 0 bridgehead atoms. The Bertz CT molecular complexity index is 2940. The monoisotopic (exact) mass is 1430 g/mol. The van der Waals surface area contributed by atoms with Gasteiger partial charge in [-0.05, 0) is 180 Å². The van der Waals surface area contributed by atoms with Crippen LogP contribution in [0.25, 0.3) is 0 Å². The fourth-order valence-electron chi connectivity index (χ4n) is 11.6. The van der Waals surface area contributed by atoms with Gasteiger partial charge in [-0.15, -0.1) is 6.58 Å². The van der Waals surface area contributed by atoms with E-state index in [1.165, 1.54) is 5.56 Å². The van der Waals surface area contributed by atoms with Crippen molar-refractivity contribution in [2.45, 2.75) is 180 Å². The molecule has 0 radical (unpaired) electrons. The van der Waals surface area contributed by atoms with Crippen LogP contribution in [0.4, 0.5) is 30.7 Å². The van der Waals surface area contributed by atoms with Crippen LogP contribution in [0, 0.1) is 0 Å². The predicted molar refractivity (Wildman–Crippen MR) is 324 cm³/mol. The van der Waals surface area contributed by atoms with Gasteiger partial charge in [-0.25, -0.2) is 22.5 Å². The van der Waals surface area contributed by atoms with E-state index < -0.39 is 81.9 Å². The van der Waals surface area contributed by atoms with Crippen molar-refractivity contribution in [3.05, 3.63) is 178 Å². The highest BCUT2D eigenvalue weighted by molar-refractivity contribution is 9.11. The van der Waals surface area contributed by atoms with Crippen molar-refractivity contribution in [2.24, 2.45) is 5.73 Å². The number of nitrogens with zero attached hydrogens (tertiary/aromatic N) is 1. The second-order valence-electron chi connectivity index (χ2n) is 22.3. The van der Waals surface area contributed by atoms with Crippen LogP contribution in [0.1, 0.15) is 165 Å². The Kier molecular flexibility index (Phi) is 24.0. The Morgan fingerprint density at radius 2 is 1.06 bits per heavy atom. The van der Waals surface area contributed by atoms with Crippen molar-refractivity contribution in [3.63, 3.8) is 0 Å². The molecule has 5 fully saturated rings. The predicted octanol–water partition coefficient (Wildman–Crippen LogP) is 16.8. The summed E-state index contributed by atoms with van der Waals surface area (Å²) in [6, 6.07) is 29.5. The minimum Gasteiger partial charge on any atom is -0.388 e. The molecule has 1 saturated heterocycles. The third-order valence-corrected chi connectivity index (χ3v) is 18.8. The molecule has 2 heterocycles. The Hall–Kier alpha value is -3.28. The zero-order chi connectivity index (χ0) is 60.3. The first-order valence-corrected chi connectivity index (χ1v) is 31.4. The molecule has 1 aromatic heterocycles. The maximum atomic E-state index is 13.7. The third kappa shape index (κ3) is 18.2. The molecule has 5 aromatic rings. The zero-order valence-electron chi connectivity index (χ0n) is 45.5. The number of pyridine rings is 1. The van der Waals surface area contributed by atoms with Gasteiger partial charge in [0.05, 0.1) is 51.1 Å². The van der Waals surface area contributed by atoms with E-state index in [0.717, 1.165) is 43.6 Å². The minimum absolute atomic E-state index is 0.0383. The summed E-state index contributed by atoms with van der Waals surface area (Å²) in [6.45, 7) is 4.32. The number of amides is 1. The highest BCUT2D eigenvalue weighted by atomic mass is 79.9. The maximum absolute atomic E-state index is 13.7. The number of aromatic nitrogens is 1. The van der Waals surface area contributed by atoms with Gasteiger partial charge in [0.1, 0.15) is 36.5 Å². The summed E-state index contributed by atoms with van der Waals surface area (Å²) in [7, 11) is 0. The topological polar surface area (TPSA) is 153 Å². The average Bonchev–Trinajstić information content (AvgIpc) is 2.40. The molecule has 4 unspecified atom stereocenters. The summed E-state index contributed by atoms with van der Waals surface area (Å²) < 4.78 is 102. The van der Waals surface area contributed by atoms with Crippen LogP contribution in [-0.4, -0.2) is 79.8 Å². The van der Waals surface area contributed by atoms with E-state index in [4.69, 9.17) is 22.1 Å². The van der Waals surface area contributed by atoms with Gasteiger partial charge < -0.3 is 36.4 Å². The molecule has 4 saturated carbocycles. The second kappa shape index (κ2) is 29.6. The first-order valence-electron chi connectivity index (χ1n) is 27.8. The van der Waals surface area contributed by atoms with Crippen molar-refractivity contribution in [2.75, 3.05) is 6.54 Å². The second-order valence-corrected chi connectivity index (χ2v) is 26.4. The standard InChI is InChI=1S/C20H18BrClF4N2O2.C16H21BrFNO.C13H17BrFNO.C13H14BrFO/c21-12-3-1-2-11(10-12)17(19(30)7-4-13(23)5-8-19)28-18(29)16-15(22)14(6-9-27-16)20(24,25)26;1-2-10-19-15(12-4-3-5-13(17)11-12)16(20)8-6-14(18)7-9-16;14-10-3-1-2-9(8-10)12(16)13(17)6-4-11(15)5-7-13;14-10-3-1-2-9(8-10)12-13(16-12)6-4-11(15)5-7-13/h1-3,6,9-10,13,17,30H,4-5,7-8H2,(H,28,29);2-5,11,14-15,19-20H,1,6-10H2;1-3,8,11-12,17H,4-7,16H2;1-3,8,11-12H,4-7H2. The van der Waals surface area contributed by atoms with Crippen molar-refractivity contribution in [3.8, 4) is 0 Å². The van der Waals surface area contributed by atoms with E-state index >= 15 is 0 Å². The van der Waals surface area contributed by atoms with E-state index in [2.05, 4.69) is 98.0 Å². The number of alkyl halides is 7. The molecular formula is C62H70Br4ClF7N4O5. The summed E-state index contributed by atoms with van der Waals surface area (Å²) in [4.78, 5) is 16.5. The number of nitrogens with one attached hydrogen (secondary N) is 2. The highest BCUT2D eigenvalue weighted by Crippen LogP contribution is 2.58. The van der Waals surface area contributed by atoms with Crippen molar-refractivity contribution >= 4 is 81.2 Å². The van der Waals surface area contributed by atoms with E-state index in [-0.39, 0.29) is 43.4 Å². The van der Waals surface area contributed by atoms with Gasteiger partial charge in [-0.1, -0.05) is 130 Å². The molecule has 10 rings (SSSR count). The summed E-state index contributed by atoms with van der Waals surface area (Å²) in [5, 5.41) is 37.7. The third-order valence-electron chi connectivity index (χ3n) is 16.4. The number of ether oxygens (including phenoxy) is 1. The Morgan fingerprint density at radius 1 is 0.651 bits per heavy atom. The molecule has 21 heteroatoms. The number of halogens is 12. The minimum atomic E-state index is -4.75. The van der Waals surface area contributed by atoms with E-state index in [9.17, 15) is 50.8 Å². The number of carbonyl (C=O) groups excluding carboxylic acids is 1. The first kappa shape index (κ1) is 67.2. The maximum Gasteiger partial charge on any atom is 0.417 e. The van der Waals surface area contributed by atoms with Gasteiger partial charge in [0, 0.05) is 30.6 Å². The largest absolute Gasteiger partial charge is 0.417 e.